The van der Waals surface area contributed by atoms with Gasteiger partial charge in [0.2, 0.25) is 0 Å². The zero-order valence-electron chi connectivity index (χ0n) is 10.4. The summed E-state index contributed by atoms with van der Waals surface area (Å²) in [5.41, 5.74) is -1.75. The monoisotopic (exact) mass is 231 g/mol. The van der Waals surface area contributed by atoms with Gasteiger partial charge in [-0.3, -0.25) is 0 Å². The summed E-state index contributed by atoms with van der Waals surface area (Å²) in [5, 5.41) is 2.51. The van der Waals surface area contributed by atoms with Crippen LogP contribution >= 0.6 is 0 Å². The van der Waals surface area contributed by atoms with Crippen LogP contribution in [0.4, 0.5) is 9.18 Å². The number of alkyl halides is 1. The summed E-state index contributed by atoms with van der Waals surface area (Å²) in [6, 6.07) is 0. The number of halogens is 1. The third-order valence-electron chi connectivity index (χ3n) is 2.70. The Kier molecular flexibility index (Phi) is 4.16. The zero-order valence-corrected chi connectivity index (χ0v) is 10.4. The number of rotatable bonds is 2. The van der Waals surface area contributed by atoms with E-state index in [0.717, 1.165) is 19.3 Å². The van der Waals surface area contributed by atoms with Gasteiger partial charge in [-0.15, -0.1) is 0 Å². The number of carbonyl (C=O) groups is 1. The molecule has 0 saturated heterocycles. The average molecular weight is 231 g/mol. The molecule has 1 fully saturated rings. The van der Waals surface area contributed by atoms with E-state index >= 15 is 0 Å². The Hall–Kier alpha value is -0.800. The summed E-state index contributed by atoms with van der Waals surface area (Å²) < 4.78 is 19.2. The molecule has 0 aromatic heterocycles. The van der Waals surface area contributed by atoms with Gasteiger partial charge in [-0.05, 0) is 33.6 Å². The lowest BCUT2D eigenvalue weighted by Gasteiger charge is -2.30. The van der Waals surface area contributed by atoms with Gasteiger partial charge in [0.1, 0.15) is 11.3 Å². The molecule has 0 atom stereocenters. The van der Waals surface area contributed by atoms with Gasteiger partial charge in [-0.25, -0.2) is 9.18 Å². The highest BCUT2D eigenvalue weighted by Crippen LogP contribution is 2.31. The lowest BCUT2D eigenvalue weighted by atomic mass is 9.86. The van der Waals surface area contributed by atoms with E-state index in [1.54, 1.807) is 20.8 Å². The van der Waals surface area contributed by atoms with Crippen LogP contribution in [0.15, 0.2) is 0 Å². The molecule has 0 unspecified atom stereocenters. The Morgan fingerprint density at radius 2 is 1.88 bits per heavy atom. The Labute approximate surface area is 96.7 Å². The highest BCUT2D eigenvalue weighted by atomic mass is 19.1. The van der Waals surface area contributed by atoms with Crippen molar-refractivity contribution in [2.75, 3.05) is 6.54 Å². The normalized spacial score (nSPS) is 20.2. The van der Waals surface area contributed by atoms with E-state index in [1.165, 1.54) is 0 Å². The molecular formula is C12H22FNO2. The van der Waals surface area contributed by atoms with Crippen molar-refractivity contribution in [1.29, 1.82) is 0 Å². The highest BCUT2D eigenvalue weighted by Gasteiger charge is 2.32. The Bertz CT molecular complexity index is 242. The molecular weight excluding hydrogens is 209 g/mol. The molecule has 0 aliphatic heterocycles. The first-order valence-corrected chi connectivity index (χ1v) is 5.97. The van der Waals surface area contributed by atoms with E-state index in [9.17, 15) is 9.18 Å². The second-order valence-corrected chi connectivity index (χ2v) is 5.57. The van der Waals surface area contributed by atoms with Gasteiger partial charge in [-0.2, -0.15) is 0 Å². The largest absolute Gasteiger partial charge is 0.444 e. The van der Waals surface area contributed by atoms with Crippen LogP contribution in [-0.2, 0) is 4.74 Å². The molecule has 1 amide bonds. The highest BCUT2D eigenvalue weighted by molar-refractivity contribution is 5.67. The van der Waals surface area contributed by atoms with Crippen molar-refractivity contribution in [3.8, 4) is 0 Å². The quantitative estimate of drug-likeness (QED) is 0.792. The first kappa shape index (κ1) is 13.3. The van der Waals surface area contributed by atoms with Crippen LogP contribution in [0.3, 0.4) is 0 Å². The first-order valence-electron chi connectivity index (χ1n) is 5.97. The molecule has 1 aliphatic carbocycles. The SMILES string of the molecule is CC(C)(C)OC(=O)NCC1(F)CCCCC1. The molecule has 0 spiro atoms. The zero-order chi connectivity index (χ0) is 12.2. The fourth-order valence-electron chi connectivity index (χ4n) is 1.91. The minimum atomic E-state index is -1.23. The molecule has 0 aromatic carbocycles. The standard InChI is InChI=1S/C12H22FNO2/c1-11(2,3)16-10(15)14-9-12(13)7-5-4-6-8-12/h4-9H2,1-3H3,(H,14,15). The van der Waals surface area contributed by atoms with Crippen molar-refractivity contribution < 1.29 is 13.9 Å². The van der Waals surface area contributed by atoms with Crippen LogP contribution < -0.4 is 5.32 Å². The van der Waals surface area contributed by atoms with Crippen molar-refractivity contribution in [3.05, 3.63) is 0 Å². The minimum Gasteiger partial charge on any atom is -0.444 e. The number of ether oxygens (including phenoxy) is 1. The molecule has 94 valence electrons. The molecule has 1 saturated carbocycles. The van der Waals surface area contributed by atoms with E-state index in [-0.39, 0.29) is 6.54 Å². The van der Waals surface area contributed by atoms with Crippen LogP contribution in [0.1, 0.15) is 52.9 Å². The molecule has 16 heavy (non-hydrogen) atoms. The van der Waals surface area contributed by atoms with E-state index < -0.39 is 17.4 Å². The summed E-state index contributed by atoms with van der Waals surface area (Å²) >= 11 is 0. The molecule has 1 rings (SSSR count). The fourth-order valence-corrected chi connectivity index (χ4v) is 1.91. The summed E-state index contributed by atoms with van der Waals surface area (Å²) in [7, 11) is 0. The lowest BCUT2D eigenvalue weighted by Crippen LogP contribution is -2.42. The predicted molar refractivity (Wildman–Crippen MR) is 61.2 cm³/mol. The summed E-state index contributed by atoms with van der Waals surface area (Å²) in [6.45, 7) is 5.44. The van der Waals surface area contributed by atoms with Gasteiger partial charge in [0.05, 0.1) is 6.54 Å². The first-order chi connectivity index (χ1) is 7.31. The predicted octanol–water partition coefficient (Wildman–Crippen LogP) is 3.18. The Balaban J connectivity index is 2.30. The lowest BCUT2D eigenvalue weighted by molar-refractivity contribution is 0.0436. The Morgan fingerprint density at radius 3 is 2.38 bits per heavy atom. The fraction of sp³-hybridized carbons (Fsp3) is 0.917. The number of alkyl carbamates (subject to hydrolysis) is 1. The van der Waals surface area contributed by atoms with Crippen molar-refractivity contribution in [1.82, 2.24) is 5.32 Å². The molecule has 1 N–H and O–H groups in total. The summed E-state index contributed by atoms with van der Waals surface area (Å²) in [4.78, 5) is 11.3. The van der Waals surface area contributed by atoms with Crippen molar-refractivity contribution in [3.63, 3.8) is 0 Å². The Morgan fingerprint density at radius 1 is 1.31 bits per heavy atom. The van der Waals surface area contributed by atoms with Crippen LogP contribution in [0.2, 0.25) is 0 Å². The van der Waals surface area contributed by atoms with Gasteiger partial charge in [-0.1, -0.05) is 19.3 Å². The van der Waals surface area contributed by atoms with E-state index in [4.69, 9.17) is 4.74 Å². The second-order valence-electron chi connectivity index (χ2n) is 5.57. The number of amides is 1. The van der Waals surface area contributed by atoms with Crippen LogP contribution in [0.25, 0.3) is 0 Å². The molecule has 4 heteroatoms. The third-order valence-corrected chi connectivity index (χ3v) is 2.70. The molecule has 0 aromatic rings. The van der Waals surface area contributed by atoms with E-state index in [1.807, 2.05) is 0 Å². The van der Waals surface area contributed by atoms with Crippen LogP contribution in [0.5, 0.6) is 0 Å². The number of nitrogens with one attached hydrogen (secondary N) is 1. The van der Waals surface area contributed by atoms with Crippen molar-refractivity contribution in [2.24, 2.45) is 0 Å². The molecule has 0 heterocycles. The maximum absolute atomic E-state index is 14.1. The van der Waals surface area contributed by atoms with Crippen molar-refractivity contribution in [2.45, 2.75) is 64.1 Å². The van der Waals surface area contributed by atoms with Crippen LogP contribution in [0, 0.1) is 0 Å². The van der Waals surface area contributed by atoms with Gasteiger partial charge < -0.3 is 10.1 Å². The van der Waals surface area contributed by atoms with Gasteiger partial charge >= 0.3 is 6.09 Å². The average Bonchev–Trinajstić information content (AvgIpc) is 2.14. The molecule has 0 bridgehead atoms. The topological polar surface area (TPSA) is 38.3 Å². The van der Waals surface area contributed by atoms with Crippen molar-refractivity contribution >= 4 is 6.09 Å². The maximum atomic E-state index is 14.1. The number of hydrogen-bond donors (Lipinski definition) is 1. The minimum absolute atomic E-state index is 0.0713. The van der Waals surface area contributed by atoms with Crippen LogP contribution in [-0.4, -0.2) is 23.9 Å². The van der Waals surface area contributed by atoms with E-state index in [2.05, 4.69) is 5.32 Å². The third kappa shape index (κ3) is 4.81. The summed E-state index contributed by atoms with van der Waals surface area (Å²) in [5.74, 6) is 0. The van der Waals surface area contributed by atoms with Gasteiger partial charge in [0, 0.05) is 0 Å². The number of hydrogen-bond acceptors (Lipinski definition) is 2. The smallest absolute Gasteiger partial charge is 0.407 e. The number of carbonyl (C=O) groups excluding carboxylic acids is 1. The van der Waals surface area contributed by atoms with Gasteiger partial charge in [0.25, 0.3) is 0 Å². The second kappa shape index (κ2) is 5.02. The molecule has 0 radical (unpaired) electrons. The molecule has 3 nitrogen and oxygen atoms in total. The maximum Gasteiger partial charge on any atom is 0.407 e. The summed E-state index contributed by atoms with van der Waals surface area (Å²) in [6.07, 6.45) is 3.47. The van der Waals surface area contributed by atoms with Gasteiger partial charge in [0.15, 0.2) is 0 Å². The van der Waals surface area contributed by atoms with E-state index in [0.29, 0.717) is 12.8 Å². The molecule has 1 aliphatic rings.